The molecule has 0 fully saturated rings. The van der Waals surface area contributed by atoms with Crippen LogP contribution in [-0.4, -0.2) is 43.2 Å². The SMILES string of the molecule is CCC(N)CSCC(=O)NC(C)COC. The topological polar surface area (TPSA) is 64.4 Å². The second-order valence-electron chi connectivity index (χ2n) is 3.61. The van der Waals surface area contributed by atoms with E-state index in [0.29, 0.717) is 12.4 Å². The van der Waals surface area contributed by atoms with Crippen LogP contribution in [0.5, 0.6) is 0 Å². The molecule has 15 heavy (non-hydrogen) atoms. The molecule has 0 saturated carbocycles. The lowest BCUT2D eigenvalue weighted by Gasteiger charge is -2.13. The van der Waals surface area contributed by atoms with Crippen LogP contribution in [0.3, 0.4) is 0 Å². The Labute approximate surface area is 96.3 Å². The quantitative estimate of drug-likeness (QED) is 0.646. The molecule has 5 heteroatoms. The van der Waals surface area contributed by atoms with Crippen molar-refractivity contribution in [2.75, 3.05) is 25.2 Å². The average Bonchev–Trinajstić information content (AvgIpc) is 2.17. The highest BCUT2D eigenvalue weighted by Crippen LogP contribution is 2.03. The molecule has 0 aliphatic heterocycles. The van der Waals surface area contributed by atoms with Crippen LogP contribution in [0.15, 0.2) is 0 Å². The molecule has 0 radical (unpaired) electrons. The monoisotopic (exact) mass is 234 g/mol. The summed E-state index contributed by atoms with van der Waals surface area (Å²) in [6.07, 6.45) is 0.953. The highest BCUT2D eigenvalue weighted by molar-refractivity contribution is 7.99. The van der Waals surface area contributed by atoms with Gasteiger partial charge < -0.3 is 15.8 Å². The first-order valence-electron chi connectivity index (χ1n) is 5.21. The minimum absolute atomic E-state index is 0.0489. The second-order valence-corrected chi connectivity index (χ2v) is 4.64. The fraction of sp³-hybridized carbons (Fsp3) is 0.900. The molecule has 3 N–H and O–H groups in total. The molecule has 90 valence electrons. The van der Waals surface area contributed by atoms with E-state index in [0.717, 1.165) is 12.2 Å². The van der Waals surface area contributed by atoms with E-state index in [1.807, 2.05) is 13.8 Å². The van der Waals surface area contributed by atoms with Crippen LogP contribution >= 0.6 is 11.8 Å². The van der Waals surface area contributed by atoms with Crippen LogP contribution in [0.2, 0.25) is 0 Å². The summed E-state index contributed by atoms with van der Waals surface area (Å²) in [4.78, 5) is 11.4. The maximum atomic E-state index is 11.4. The number of carbonyl (C=O) groups is 1. The fourth-order valence-electron chi connectivity index (χ4n) is 1.03. The summed E-state index contributed by atoms with van der Waals surface area (Å²) in [6, 6.07) is 0.266. The number of hydrogen-bond acceptors (Lipinski definition) is 4. The maximum absolute atomic E-state index is 11.4. The molecule has 0 aliphatic carbocycles. The van der Waals surface area contributed by atoms with E-state index in [-0.39, 0.29) is 18.0 Å². The number of hydrogen-bond donors (Lipinski definition) is 2. The molecule has 0 aliphatic rings. The Morgan fingerprint density at radius 1 is 1.60 bits per heavy atom. The Morgan fingerprint density at radius 3 is 2.80 bits per heavy atom. The zero-order valence-electron chi connectivity index (χ0n) is 9.79. The molecule has 0 spiro atoms. The molecule has 2 unspecified atom stereocenters. The lowest BCUT2D eigenvalue weighted by Crippen LogP contribution is -2.37. The van der Waals surface area contributed by atoms with E-state index in [2.05, 4.69) is 5.32 Å². The standard InChI is InChI=1S/C10H22N2O2S/c1-4-9(11)6-15-7-10(13)12-8(2)5-14-3/h8-9H,4-7,11H2,1-3H3,(H,12,13). The lowest BCUT2D eigenvalue weighted by atomic mass is 10.3. The van der Waals surface area contributed by atoms with Crippen molar-refractivity contribution in [2.45, 2.75) is 32.4 Å². The van der Waals surface area contributed by atoms with Gasteiger partial charge in [-0.3, -0.25) is 4.79 Å². The van der Waals surface area contributed by atoms with Gasteiger partial charge in [0.25, 0.3) is 0 Å². The second kappa shape index (κ2) is 9.00. The van der Waals surface area contributed by atoms with Crippen molar-refractivity contribution in [1.29, 1.82) is 0 Å². The van der Waals surface area contributed by atoms with Crippen molar-refractivity contribution in [3.63, 3.8) is 0 Å². The molecule has 0 aromatic rings. The van der Waals surface area contributed by atoms with Gasteiger partial charge in [-0.1, -0.05) is 6.92 Å². The Kier molecular flexibility index (Phi) is 8.85. The van der Waals surface area contributed by atoms with E-state index in [1.165, 1.54) is 0 Å². The Hall–Kier alpha value is -0.260. The van der Waals surface area contributed by atoms with Gasteiger partial charge in [0.05, 0.1) is 12.4 Å². The molecular formula is C10H22N2O2S. The third-order valence-electron chi connectivity index (χ3n) is 1.91. The predicted octanol–water partition coefficient (Wildman–Crippen LogP) is 0.608. The summed E-state index contributed by atoms with van der Waals surface area (Å²) >= 11 is 1.58. The molecule has 0 aromatic carbocycles. The molecule has 2 atom stereocenters. The number of methoxy groups -OCH3 is 1. The first kappa shape index (κ1) is 14.7. The third-order valence-corrected chi connectivity index (χ3v) is 3.04. The van der Waals surface area contributed by atoms with Crippen LogP contribution in [0.1, 0.15) is 20.3 Å². The van der Waals surface area contributed by atoms with Gasteiger partial charge in [-0.25, -0.2) is 0 Å². The van der Waals surface area contributed by atoms with Crippen LogP contribution in [0.25, 0.3) is 0 Å². The van der Waals surface area contributed by atoms with Crippen LogP contribution in [-0.2, 0) is 9.53 Å². The Morgan fingerprint density at radius 2 is 2.27 bits per heavy atom. The molecule has 0 rings (SSSR count). The van der Waals surface area contributed by atoms with E-state index < -0.39 is 0 Å². The zero-order valence-corrected chi connectivity index (χ0v) is 10.6. The number of ether oxygens (including phenoxy) is 1. The molecule has 4 nitrogen and oxygen atoms in total. The van der Waals surface area contributed by atoms with Gasteiger partial charge in [0, 0.05) is 24.9 Å². The minimum atomic E-state index is 0.0489. The Balaban J connectivity index is 3.48. The number of amides is 1. The van der Waals surface area contributed by atoms with E-state index in [9.17, 15) is 4.79 Å². The zero-order chi connectivity index (χ0) is 11.7. The highest BCUT2D eigenvalue weighted by Gasteiger charge is 2.07. The molecule has 0 saturated heterocycles. The van der Waals surface area contributed by atoms with E-state index >= 15 is 0 Å². The summed E-state index contributed by atoms with van der Waals surface area (Å²) in [5.74, 6) is 1.36. The van der Waals surface area contributed by atoms with Crippen LogP contribution in [0, 0.1) is 0 Å². The van der Waals surface area contributed by atoms with Gasteiger partial charge in [-0.05, 0) is 13.3 Å². The molecule has 1 amide bonds. The first-order chi connectivity index (χ1) is 7.10. The summed E-state index contributed by atoms with van der Waals surface area (Å²) in [6.45, 7) is 4.51. The minimum Gasteiger partial charge on any atom is -0.383 e. The number of nitrogens with two attached hydrogens (primary N) is 1. The summed E-state index contributed by atoms with van der Waals surface area (Å²) in [5, 5.41) is 2.85. The molecule has 0 heterocycles. The lowest BCUT2D eigenvalue weighted by molar-refractivity contribution is -0.119. The van der Waals surface area contributed by atoms with E-state index in [1.54, 1.807) is 18.9 Å². The number of thioether (sulfide) groups is 1. The van der Waals surface area contributed by atoms with Crippen LogP contribution < -0.4 is 11.1 Å². The number of nitrogens with one attached hydrogen (secondary N) is 1. The molecule has 0 bridgehead atoms. The maximum Gasteiger partial charge on any atom is 0.230 e. The predicted molar refractivity (Wildman–Crippen MR) is 65.1 cm³/mol. The van der Waals surface area contributed by atoms with Gasteiger partial charge in [0.2, 0.25) is 5.91 Å². The number of carbonyl (C=O) groups excluding carboxylic acids is 1. The van der Waals surface area contributed by atoms with Crippen LogP contribution in [0.4, 0.5) is 0 Å². The third kappa shape index (κ3) is 8.72. The van der Waals surface area contributed by atoms with Gasteiger partial charge in [0.15, 0.2) is 0 Å². The first-order valence-corrected chi connectivity index (χ1v) is 6.37. The van der Waals surface area contributed by atoms with Crippen molar-refractivity contribution in [3.8, 4) is 0 Å². The average molecular weight is 234 g/mol. The van der Waals surface area contributed by atoms with Gasteiger partial charge >= 0.3 is 0 Å². The van der Waals surface area contributed by atoms with Crippen molar-refractivity contribution in [1.82, 2.24) is 5.32 Å². The highest BCUT2D eigenvalue weighted by atomic mass is 32.2. The Bertz CT molecular complexity index is 179. The number of rotatable bonds is 8. The van der Waals surface area contributed by atoms with E-state index in [4.69, 9.17) is 10.5 Å². The smallest absolute Gasteiger partial charge is 0.230 e. The summed E-state index contributed by atoms with van der Waals surface area (Å²) in [5.41, 5.74) is 5.74. The van der Waals surface area contributed by atoms with Gasteiger partial charge in [-0.2, -0.15) is 11.8 Å². The largest absolute Gasteiger partial charge is 0.383 e. The fourth-order valence-corrected chi connectivity index (χ4v) is 1.95. The summed E-state index contributed by atoms with van der Waals surface area (Å²) in [7, 11) is 1.62. The van der Waals surface area contributed by atoms with Gasteiger partial charge in [0.1, 0.15) is 0 Å². The van der Waals surface area contributed by atoms with Gasteiger partial charge in [-0.15, -0.1) is 0 Å². The summed E-state index contributed by atoms with van der Waals surface area (Å²) < 4.78 is 4.92. The van der Waals surface area contributed by atoms with Crippen molar-refractivity contribution < 1.29 is 9.53 Å². The van der Waals surface area contributed by atoms with Crippen molar-refractivity contribution >= 4 is 17.7 Å². The normalized spacial score (nSPS) is 14.7. The van der Waals surface area contributed by atoms with Crippen molar-refractivity contribution in [2.24, 2.45) is 5.73 Å². The molecule has 0 aromatic heterocycles. The molecular weight excluding hydrogens is 212 g/mol. The van der Waals surface area contributed by atoms with Crippen molar-refractivity contribution in [3.05, 3.63) is 0 Å².